The molecule has 7 nitrogen and oxygen atoms in total. The van der Waals surface area contributed by atoms with Crippen molar-refractivity contribution in [3.05, 3.63) is 83.4 Å². The Hall–Kier alpha value is -4.00. The van der Waals surface area contributed by atoms with Gasteiger partial charge in [-0.15, -0.1) is 0 Å². The highest BCUT2D eigenvalue weighted by atomic mass is 16.5. The number of aliphatic carboxylic acids is 1. The lowest BCUT2D eigenvalue weighted by molar-refractivity contribution is -0.306. The molecule has 3 aromatic rings. The molecule has 0 unspecified atom stereocenters. The number of hydrogen-bond acceptors (Lipinski definition) is 6. The number of carboxylic acids is 1. The maximum Gasteiger partial charge on any atom is 0.407 e. The van der Waals surface area contributed by atoms with E-state index in [1.165, 1.54) is 14.2 Å². The number of ether oxygens (including phenoxy) is 3. The van der Waals surface area contributed by atoms with Crippen molar-refractivity contribution in [2.75, 3.05) is 20.8 Å². The number of carbonyl (C=O) groups excluding carboxylic acids is 2. The molecule has 0 bridgehead atoms. The largest absolute Gasteiger partial charge is 0.550 e. The third-order valence-corrected chi connectivity index (χ3v) is 5.78. The van der Waals surface area contributed by atoms with Gasteiger partial charge in [0.25, 0.3) is 0 Å². The fourth-order valence-electron chi connectivity index (χ4n) is 4.23. The Labute approximate surface area is 191 Å². The topological polar surface area (TPSA) is 96.9 Å². The number of rotatable bonds is 8. The second-order valence-electron chi connectivity index (χ2n) is 7.74. The van der Waals surface area contributed by atoms with Crippen molar-refractivity contribution < 1.29 is 28.9 Å². The molecule has 170 valence electrons. The van der Waals surface area contributed by atoms with Gasteiger partial charge in [-0.3, -0.25) is 0 Å². The molecule has 1 N–H and O–H groups in total. The molecule has 0 heterocycles. The fourth-order valence-corrected chi connectivity index (χ4v) is 4.23. The highest BCUT2D eigenvalue weighted by Crippen LogP contribution is 2.44. The van der Waals surface area contributed by atoms with Crippen LogP contribution in [-0.4, -0.2) is 32.9 Å². The molecule has 1 aliphatic carbocycles. The minimum absolute atomic E-state index is 0.0975. The molecule has 0 fully saturated rings. The molecule has 0 saturated heterocycles. The predicted molar refractivity (Wildman–Crippen MR) is 120 cm³/mol. The summed E-state index contributed by atoms with van der Waals surface area (Å²) < 4.78 is 16.1. The Bertz CT molecular complexity index is 1110. The second kappa shape index (κ2) is 9.65. The molecule has 0 radical (unpaired) electrons. The highest BCUT2D eigenvalue weighted by molar-refractivity contribution is 5.79. The van der Waals surface area contributed by atoms with E-state index in [-0.39, 0.29) is 12.5 Å². The number of carboxylic acid groups (broad SMARTS) is 1. The zero-order valence-electron chi connectivity index (χ0n) is 18.4. The van der Waals surface area contributed by atoms with Crippen molar-refractivity contribution in [2.24, 2.45) is 0 Å². The summed E-state index contributed by atoms with van der Waals surface area (Å²) in [6.45, 7) is 0.124. The Kier molecular flexibility index (Phi) is 6.49. The first-order valence-electron chi connectivity index (χ1n) is 10.5. The zero-order chi connectivity index (χ0) is 23.4. The van der Waals surface area contributed by atoms with Gasteiger partial charge in [-0.2, -0.15) is 0 Å². The molecule has 1 amide bonds. The summed E-state index contributed by atoms with van der Waals surface area (Å²) >= 11 is 0. The summed E-state index contributed by atoms with van der Waals surface area (Å²) in [4.78, 5) is 24.0. The van der Waals surface area contributed by atoms with Crippen LogP contribution in [0.1, 0.15) is 35.1 Å². The van der Waals surface area contributed by atoms with Gasteiger partial charge in [0, 0.05) is 24.4 Å². The van der Waals surface area contributed by atoms with Gasteiger partial charge in [-0.05, 0) is 39.9 Å². The van der Waals surface area contributed by atoms with Gasteiger partial charge in [-0.25, -0.2) is 4.79 Å². The normalized spacial score (nSPS) is 12.9. The Morgan fingerprint density at radius 3 is 1.97 bits per heavy atom. The SMILES string of the molecule is COc1cc(OC)cc([C@H](CC(=O)[O-])NC(=O)OCC2c3ccccc3-c3ccccc32)c1. The number of methoxy groups -OCH3 is 2. The van der Waals surface area contributed by atoms with Crippen molar-refractivity contribution in [3.8, 4) is 22.6 Å². The maximum atomic E-state index is 12.7. The number of carbonyl (C=O) groups is 2. The zero-order valence-corrected chi connectivity index (χ0v) is 18.4. The van der Waals surface area contributed by atoms with Crippen molar-refractivity contribution in [1.29, 1.82) is 0 Å². The first kappa shape index (κ1) is 22.2. The number of amides is 1. The number of benzene rings is 3. The van der Waals surface area contributed by atoms with Gasteiger partial charge >= 0.3 is 6.09 Å². The molecular formula is C26H24NO6-. The lowest BCUT2D eigenvalue weighted by atomic mass is 9.98. The first-order chi connectivity index (χ1) is 16.0. The number of alkyl carbamates (subject to hydrolysis) is 1. The summed E-state index contributed by atoms with van der Waals surface area (Å²) in [5.41, 5.74) is 4.94. The van der Waals surface area contributed by atoms with Gasteiger partial charge in [0.1, 0.15) is 18.1 Å². The van der Waals surface area contributed by atoms with Gasteiger partial charge in [0.05, 0.1) is 20.3 Å². The van der Waals surface area contributed by atoms with E-state index in [9.17, 15) is 14.7 Å². The first-order valence-corrected chi connectivity index (χ1v) is 10.5. The predicted octanol–water partition coefficient (Wildman–Crippen LogP) is 3.42. The average Bonchev–Trinajstić information content (AvgIpc) is 3.15. The fraction of sp³-hybridized carbons (Fsp3) is 0.231. The highest BCUT2D eigenvalue weighted by Gasteiger charge is 2.29. The summed E-state index contributed by atoms with van der Waals surface area (Å²) in [6, 6.07) is 20.1. The third-order valence-electron chi connectivity index (χ3n) is 5.78. The van der Waals surface area contributed by atoms with Crippen LogP contribution < -0.4 is 19.9 Å². The van der Waals surface area contributed by atoms with E-state index < -0.39 is 24.5 Å². The van der Waals surface area contributed by atoms with Crippen molar-refractivity contribution in [1.82, 2.24) is 5.32 Å². The molecule has 7 heteroatoms. The van der Waals surface area contributed by atoms with E-state index >= 15 is 0 Å². The monoisotopic (exact) mass is 446 g/mol. The molecule has 1 atom stereocenters. The Morgan fingerprint density at radius 1 is 0.909 bits per heavy atom. The van der Waals surface area contributed by atoms with Crippen LogP contribution in [0.4, 0.5) is 4.79 Å². The smallest absolute Gasteiger partial charge is 0.407 e. The minimum atomic E-state index is -1.30. The van der Waals surface area contributed by atoms with Crippen LogP contribution in [-0.2, 0) is 9.53 Å². The van der Waals surface area contributed by atoms with E-state index in [1.54, 1.807) is 18.2 Å². The molecule has 0 spiro atoms. The summed E-state index contributed by atoms with van der Waals surface area (Å²) in [5.74, 6) is -0.454. The quantitative estimate of drug-likeness (QED) is 0.570. The lowest BCUT2D eigenvalue weighted by Crippen LogP contribution is -2.35. The third kappa shape index (κ3) is 4.77. The van der Waals surface area contributed by atoms with Gasteiger partial charge in [0.2, 0.25) is 0 Å². The molecular weight excluding hydrogens is 422 g/mol. The standard InChI is InChI=1S/C26H25NO6/c1-31-17-11-16(12-18(13-17)32-2)24(14-25(28)29)27-26(30)33-15-23-21-9-5-3-7-19(21)20-8-4-6-10-22(20)23/h3-13,23-24H,14-15H2,1-2H3,(H,27,30)(H,28,29)/p-1/t24-/m0/s1. The minimum Gasteiger partial charge on any atom is -0.550 e. The molecule has 0 aromatic heterocycles. The van der Waals surface area contributed by atoms with Crippen LogP contribution in [0, 0.1) is 0 Å². The van der Waals surface area contributed by atoms with Gasteiger partial charge in [0.15, 0.2) is 0 Å². The van der Waals surface area contributed by atoms with Crippen LogP contribution in [0.25, 0.3) is 11.1 Å². The Morgan fingerprint density at radius 2 is 1.45 bits per heavy atom. The van der Waals surface area contributed by atoms with Crippen LogP contribution in [0.5, 0.6) is 11.5 Å². The molecule has 33 heavy (non-hydrogen) atoms. The van der Waals surface area contributed by atoms with Crippen LogP contribution in [0.2, 0.25) is 0 Å². The summed E-state index contributed by atoms with van der Waals surface area (Å²) in [5, 5.41) is 14.0. The van der Waals surface area contributed by atoms with Crippen LogP contribution in [0.15, 0.2) is 66.7 Å². The van der Waals surface area contributed by atoms with E-state index in [0.29, 0.717) is 17.1 Å². The number of nitrogens with one attached hydrogen (secondary N) is 1. The summed E-state index contributed by atoms with van der Waals surface area (Å²) in [6.07, 6.45) is -1.15. The maximum absolute atomic E-state index is 12.7. The summed E-state index contributed by atoms with van der Waals surface area (Å²) in [7, 11) is 2.98. The van der Waals surface area contributed by atoms with Gasteiger partial charge < -0.3 is 29.4 Å². The average molecular weight is 446 g/mol. The molecule has 1 aliphatic rings. The number of fused-ring (bicyclic) bond motifs is 3. The molecule has 3 aromatic carbocycles. The van der Waals surface area contributed by atoms with Crippen LogP contribution in [0.3, 0.4) is 0 Å². The van der Waals surface area contributed by atoms with E-state index in [1.807, 2.05) is 36.4 Å². The van der Waals surface area contributed by atoms with E-state index in [0.717, 1.165) is 22.3 Å². The Balaban J connectivity index is 1.51. The lowest BCUT2D eigenvalue weighted by Gasteiger charge is -2.22. The van der Waals surface area contributed by atoms with Crippen molar-refractivity contribution in [3.63, 3.8) is 0 Å². The molecule has 4 rings (SSSR count). The molecule has 0 saturated carbocycles. The number of hydrogen-bond donors (Lipinski definition) is 1. The van der Waals surface area contributed by atoms with E-state index in [4.69, 9.17) is 14.2 Å². The second-order valence-corrected chi connectivity index (χ2v) is 7.74. The van der Waals surface area contributed by atoms with Crippen LogP contribution >= 0.6 is 0 Å². The van der Waals surface area contributed by atoms with Crippen molar-refractivity contribution in [2.45, 2.75) is 18.4 Å². The van der Waals surface area contributed by atoms with Gasteiger partial charge in [-0.1, -0.05) is 48.5 Å². The van der Waals surface area contributed by atoms with Crippen molar-refractivity contribution >= 4 is 12.1 Å². The van der Waals surface area contributed by atoms with E-state index in [2.05, 4.69) is 17.4 Å². The molecule has 0 aliphatic heterocycles.